The van der Waals surface area contributed by atoms with E-state index in [-0.39, 0.29) is 0 Å². The molecule has 0 aliphatic heterocycles. The molecule has 1 aromatic carbocycles. The summed E-state index contributed by atoms with van der Waals surface area (Å²) in [5.74, 6) is -0.910. The lowest BCUT2D eigenvalue weighted by atomic mass is 10.1. The number of carbonyl (C=O) groups is 1. The maximum absolute atomic E-state index is 10.9. The number of thiophene rings is 1. The van der Waals surface area contributed by atoms with E-state index in [0.29, 0.717) is 5.56 Å². The summed E-state index contributed by atoms with van der Waals surface area (Å²) < 4.78 is 0. The van der Waals surface area contributed by atoms with Crippen LogP contribution in [0.5, 0.6) is 0 Å². The van der Waals surface area contributed by atoms with Crippen LogP contribution in [0.25, 0.3) is 21.1 Å². The predicted octanol–water partition coefficient (Wildman–Crippen LogP) is 4.80. The number of hydrogen-bond donors (Lipinski definition) is 1. The van der Waals surface area contributed by atoms with Gasteiger partial charge in [0, 0.05) is 15.8 Å². The van der Waals surface area contributed by atoms with Crippen LogP contribution in [-0.4, -0.2) is 16.1 Å². The van der Waals surface area contributed by atoms with E-state index in [9.17, 15) is 4.79 Å². The normalized spacial score (nSPS) is 10.7. The highest BCUT2D eigenvalue weighted by Gasteiger charge is 2.09. The average Bonchev–Trinajstić information content (AvgIpc) is 3.16. The molecule has 1 N–H and O–H groups in total. The van der Waals surface area contributed by atoms with Gasteiger partial charge < -0.3 is 5.11 Å². The fraction of sp³-hybridized carbons (Fsp3) is 0.125. The first-order valence-electron chi connectivity index (χ1n) is 6.55. The molecule has 0 atom stereocenters. The molecule has 0 amide bonds. The van der Waals surface area contributed by atoms with Crippen molar-refractivity contribution in [3.63, 3.8) is 0 Å². The van der Waals surface area contributed by atoms with Crippen molar-refractivity contribution in [2.24, 2.45) is 0 Å². The van der Waals surface area contributed by atoms with Crippen molar-refractivity contribution < 1.29 is 9.90 Å². The highest BCUT2D eigenvalue weighted by Crippen LogP contribution is 2.32. The Morgan fingerprint density at radius 2 is 1.95 bits per heavy atom. The van der Waals surface area contributed by atoms with E-state index in [4.69, 9.17) is 5.11 Å². The fourth-order valence-electron chi connectivity index (χ4n) is 1.98. The molecule has 0 aliphatic carbocycles. The molecular weight excluding hydrogens is 302 g/mol. The first-order valence-corrected chi connectivity index (χ1v) is 8.25. The van der Waals surface area contributed by atoms with Gasteiger partial charge in [0.15, 0.2) is 0 Å². The topological polar surface area (TPSA) is 50.2 Å². The fourth-order valence-corrected chi connectivity index (χ4v) is 3.79. The van der Waals surface area contributed by atoms with E-state index in [1.165, 1.54) is 9.75 Å². The third-order valence-corrected chi connectivity index (χ3v) is 5.29. The molecule has 5 heteroatoms. The zero-order valence-electron chi connectivity index (χ0n) is 11.4. The zero-order valence-corrected chi connectivity index (χ0v) is 13.0. The SMILES string of the molecule is CCc1ccc(-c2csc(-c3ccc(C(=O)O)cc3)n2)s1. The van der Waals surface area contributed by atoms with Crippen LogP contribution < -0.4 is 0 Å². The van der Waals surface area contributed by atoms with Crippen molar-refractivity contribution >= 4 is 28.6 Å². The van der Waals surface area contributed by atoms with Gasteiger partial charge in [0.1, 0.15) is 5.01 Å². The molecule has 0 aliphatic rings. The number of thiazole rings is 1. The minimum atomic E-state index is -0.910. The summed E-state index contributed by atoms with van der Waals surface area (Å²) in [6.07, 6.45) is 1.04. The molecule has 0 radical (unpaired) electrons. The summed E-state index contributed by atoms with van der Waals surface area (Å²) in [5.41, 5.74) is 2.23. The molecule has 3 rings (SSSR count). The van der Waals surface area contributed by atoms with Gasteiger partial charge in [-0.15, -0.1) is 22.7 Å². The molecular formula is C16H13NO2S2. The van der Waals surface area contributed by atoms with Gasteiger partial charge in [-0.3, -0.25) is 0 Å². The number of aryl methyl sites for hydroxylation is 1. The highest BCUT2D eigenvalue weighted by molar-refractivity contribution is 7.16. The van der Waals surface area contributed by atoms with E-state index in [1.54, 1.807) is 46.9 Å². The van der Waals surface area contributed by atoms with Gasteiger partial charge in [-0.25, -0.2) is 9.78 Å². The van der Waals surface area contributed by atoms with Crippen LogP contribution in [0.1, 0.15) is 22.2 Å². The van der Waals surface area contributed by atoms with Crippen molar-refractivity contribution in [1.29, 1.82) is 0 Å². The smallest absolute Gasteiger partial charge is 0.335 e. The van der Waals surface area contributed by atoms with Crippen molar-refractivity contribution in [3.05, 3.63) is 52.2 Å². The molecule has 3 aromatic rings. The maximum atomic E-state index is 10.9. The van der Waals surface area contributed by atoms with Gasteiger partial charge in [-0.05, 0) is 30.7 Å². The quantitative estimate of drug-likeness (QED) is 0.752. The largest absolute Gasteiger partial charge is 0.478 e. The van der Waals surface area contributed by atoms with Crippen LogP contribution in [0.4, 0.5) is 0 Å². The van der Waals surface area contributed by atoms with E-state index < -0.39 is 5.97 Å². The number of benzene rings is 1. The molecule has 0 unspecified atom stereocenters. The van der Waals surface area contributed by atoms with Crippen molar-refractivity contribution in [1.82, 2.24) is 4.98 Å². The summed E-state index contributed by atoms with van der Waals surface area (Å²) in [6.45, 7) is 2.14. The summed E-state index contributed by atoms with van der Waals surface area (Å²) in [5, 5.41) is 11.9. The summed E-state index contributed by atoms with van der Waals surface area (Å²) in [6, 6.07) is 11.1. The third kappa shape index (κ3) is 2.89. The number of hydrogen-bond acceptors (Lipinski definition) is 4. The Labute approximate surface area is 130 Å². The standard InChI is InChI=1S/C16H13NO2S2/c1-2-12-7-8-14(21-12)13-9-20-15(17-13)10-3-5-11(6-4-10)16(18)19/h3-9H,2H2,1H3,(H,18,19). The Morgan fingerprint density at radius 1 is 1.19 bits per heavy atom. The molecule has 0 bridgehead atoms. The summed E-state index contributed by atoms with van der Waals surface area (Å²) in [4.78, 5) is 18.0. The molecule has 106 valence electrons. The van der Waals surface area contributed by atoms with Gasteiger partial charge in [0.05, 0.1) is 16.1 Å². The lowest BCUT2D eigenvalue weighted by molar-refractivity contribution is 0.0697. The van der Waals surface area contributed by atoms with Crippen LogP contribution in [-0.2, 0) is 6.42 Å². The molecule has 2 aromatic heterocycles. The van der Waals surface area contributed by atoms with Crippen molar-refractivity contribution in [3.8, 4) is 21.1 Å². The Bertz CT molecular complexity index is 772. The second-order valence-electron chi connectivity index (χ2n) is 4.54. The first-order chi connectivity index (χ1) is 10.2. The van der Waals surface area contributed by atoms with Crippen LogP contribution >= 0.6 is 22.7 Å². The third-order valence-electron chi connectivity index (χ3n) is 3.15. The van der Waals surface area contributed by atoms with E-state index >= 15 is 0 Å². The van der Waals surface area contributed by atoms with E-state index in [1.807, 2.05) is 5.38 Å². The lowest BCUT2D eigenvalue weighted by Crippen LogP contribution is -1.94. The van der Waals surface area contributed by atoms with E-state index in [0.717, 1.165) is 22.7 Å². The Hall–Kier alpha value is -1.98. The Kier molecular flexibility index (Phi) is 3.86. The van der Waals surface area contributed by atoms with Crippen LogP contribution in [0, 0.1) is 0 Å². The van der Waals surface area contributed by atoms with Gasteiger partial charge in [-0.1, -0.05) is 19.1 Å². The second-order valence-corrected chi connectivity index (χ2v) is 6.57. The molecule has 21 heavy (non-hydrogen) atoms. The molecule has 0 fully saturated rings. The zero-order chi connectivity index (χ0) is 14.8. The molecule has 0 spiro atoms. The number of nitrogens with zero attached hydrogens (tertiary/aromatic N) is 1. The lowest BCUT2D eigenvalue weighted by Gasteiger charge is -1.97. The van der Waals surface area contributed by atoms with Gasteiger partial charge in [-0.2, -0.15) is 0 Å². The highest BCUT2D eigenvalue weighted by atomic mass is 32.1. The van der Waals surface area contributed by atoms with Crippen molar-refractivity contribution in [2.45, 2.75) is 13.3 Å². The molecule has 2 heterocycles. The van der Waals surface area contributed by atoms with Crippen molar-refractivity contribution in [2.75, 3.05) is 0 Å². The van der Waals surface area contributed by atoms with E-state index in [2.05, 4.69) is 24.0 Å². The molecule has 0 saturated heterocycles. The second kappa shape index (κ2) is 5.79. The van der Waals surface area contributed by atoms with Crippen LogP contribution in [0.3, 0.4) is 0 Å². The average molecular weight is 315 g/mol. The Morgan fingerprint density at radius 3 is 2.57 bits per heavy atom. The number of aromatic nitrogens is 1. The minimum absolute atomic E-state index is 0.293. The Balaban J connectivity index is 1.88. The van der Waals surface area contributed by atoms with Gasteiger partial charge in [0.25, 0.3) is 0 Å². The summed E-state index contributed by atoms with van der Waals surface area (Å²) >= 11 is 3.34. The molecule has 3 nitrogen and oxygen atoms in total. The maximum Gasteiger partial charge on any atom is 0.335 e. The monoisotopic (exact) mass is 315 g/mol. The number of carboxylic acids is 1. The number of rotatable bonds is 4. The van der Waals surface area contributed by atoms with Crippen LogP contribution in [0.2, 0.25) is 0 Å². The summed E-state index contributed by atoms with van der Waals surface area (Å²) in [7, 11) is 0. The van der Waals surface area contributed by atoms with Crippen LogP contribution in [0.15, 0.2) is 41.8 Å². The minimum Gasteiger partial charge on any atom is -0.478 e. The van der Waals surface area contributed by atoms with Gasteiger partial charge in [0.2, 0.25) is 0 Å². The molecule has 0 saturated carbocycles. The first kappa shape index (κ1) is 14.0. The predicted molar refractivity (Wildman–Crippen MR) is 87.2 cm³/mol. The number of aromatic carboxylic acids is 1. The number of carboxylic acid groups (broad SMARTS) is 1. The van der Waals surface area contributed by atoms with Gasteiger partial charge >= 0.3 is 5.97 Å².